The topological polar surface area (TPSA) is 56.6 Å². The van der Waals surface area contributed by atoms with Crippen molar-refractivity contribution in [2.75, 3.05) is 32.7 Å². The van der Waals surface area contributed by atoms with Crippen molar-refractivity contribution >= 4 is 6.09 Å². The van der Waals surface area contributed by atoms with Gasteiger partial charge in [0, 0.05) is 26.2 Å². The third kappa shape index (κ3) is 4.11. The van der Waals surface area contributed by atoms with Gasteiger partial charge in [0.05, 0.1) is 11.5 Å². The van der Waals surface area contributed by atoms with Gasteiger partial charge in [0.1, 0.15) is 5.60 Å². The molecule has 0 aromatic carbocycles. The van der Waals surface area contributed by atoms with Gasteiger partial charge in [-0.2, -0.15) is 5.26 Å². The molecule has 20 heavy (non-hydrogen) atoms. The standard InChI is InChI=1S/C15H25N3O2/c1-14(2,3)20-13(19)18-10-8-17(9-11-18)7-6-15(12-16)4-5-15/h4-11H2,1-3H3. The summed E-state index contributed by atoms with van der Waals surface area (Å²) >= 11 is 0. The minimum absolute atomic E-state index is 0.0255. The van der Waals surface area contributed by atoms with Crippen molar-refractivity contribution in [1.29, 1.82) is 5.26 Å². The summed E-state index contributed by atoms with van der Waals surface area (Å²) < 4.78 is 5.38. The van der Waals surface area contributed by atoms with Crippen LogP contribution in [-0.2, 0) is 4.74 Å². The molecule has 0 aromatic heterocycles. The summed E-state index contributed by atoms with van der Waals surface area (Å²) in [5.74, 6) is 0. The zero-order chi connectivity index (χ0) is 14.8. The molecule has 1 saturated carbocycles. The molecule has 0 spiro atoms. The summed E-state index contributed by atoms with van der Waals surface area (Å²) in [6.07, 6.45) is 2.87. The average molecular weight is 279 g/mol. The summed E-state index contributed by atoms with van der Waals surface area (Å²) in [7, 11) is 0. The van der Waals surface area contributed by atoms with E-state index in [4.69, 9.17) is 10.00 Å². The molecule has 1 heterocycles. The van der Waals surface area contributed by atoms with Crippen molar-refractivity contribution in [3.8, 4) is 6.07 Å². The van der Waals surface area contributed by atoms with Crippen molar-refractivity contribution in [2.24, 2.45) is 5.41 Å². The molecule has 0 atom stereocenters. The van der Waals surface area contributed by atoms with Crippen LogP contribution in [-0.4, -0.2) is 54.2 Å². The van der Waals surface area contributed by atoms with Gasteiger partial charge < -0.3 is 9.64 Å². The molecule has 5 heteroatoms. The number of carbonyl (C=O) groups is 1. The molecule has 1 aliphatic heterocycles. The maximum Gasteiger partial charge on any atom is 0.410 e. The lowest BCUT2D eigenvalue weighted by Crippen LogP contribution is -2.50. The van der Waals surface area contributed by atoms with Gasteiger partial charge in [-0.3, -0.25) is 4.90 Å². The Morgan fingerprint density at radius 2 is 1.85 bits per heavy atom. The molecular weight excluding hydrogens is 254 g/mol. The quantitative estimate of drug-likeness (QED) is 0.795. The van der Waals surface area contributed by atoms with Crippen LogP contribution in [0.15, 0.2) is 0 Å². The summed E-state index contributed by atoms with van der Waals surface area (Å²) in [5.41, 5.74) is -0.457. The number of carbonyl (C=O) groups excluding carboxylic acids is 1. The molecule has 2 fully saturated rings. The molecule has 1 saturated heterocycles. The minimum Gasteiger partial charge on any atom is -0.444 e. The number of ether oxygens (including phenoxy) is 1. The Balaban J connectivity index is 1.70. The monoisotopic (exact) mass is 279 g/mol. The fraction of sp³-hybridized carbons (Fsp3) is 0.867. The maximum atomic E-state index is 11.9. The first-order valence-corrected chi connectivity index (χ1v) is 7.45. The normalized spacial score (nSPS) is 22.2. The molecule has 1 amide bonds. The lowest BCUT2D eigenvalue weighted by atomic mass is 10.0. The van der Waals surface area contributed by atoms with E-state index in [0.29, 0.717) is 13.1 Å². The van der Waals surface area contributed by atoms with Gasteiger partial charge in [0.25, 0.3) is 0 Å². The van der Waals surface area contributed by atoms with Gasteiger partial charge in [-0.1, -0.05) is 0 Å². The smallest absolute Gasteiger partial charge is 0.410 e. The molecule has 5 nitrogen and oxygen atoms in total. The van der Waals surface area contributed by atoms with Crippen LogP contribution in [0.25, 0.3) is 0 Å². The minimum atomic E-state index is -0.431. The molecule has 0 bridgehead atoms. The zero-order valence-corrected chi connectivity index (χ0v) is 12.8. The molecular formula is C15H25N3O2. The lowest BCUT2D eigenvalue weighted by molar-refractivity contribution is 0.0142. The predicted molar refractivity (Wildman–Crippen MR) is 76.1 cm³/mol. The summed E-state index contributed by atoms with van der Waals surface area (Å²) in [5, 5.41) is 9.07. The third-order valence-electron chi connectivity index (χ3n) is 4.02. The highest BCUT2D eigenvalue weighted by molar-refractivity contribution is 5.68. The summed E-state index contributed by atoms with van der Waals surface area (Å²) in [6.45, 7) is 9.81. The van der Waals surface area contributed by atoms with Crippen LogP contribution in [0.3, 0.4) is 0 Å². The molecule has 0 aromatic rings. The van der Waals surface area contributed by atoms with Crippen molar-refractivity contribution in [1.82, 2.24) is 9.80 Å². The van der Waals surface area contributed by atoms with E-state index in [1.807, 2.05) is 20.8 Å². The molecule has 0 N–H and O–H groups in total. The van der Waals surface area contributed by atoms with E-state index in [1.165, 1.54) is 0 Å². The second-order valence-electron chi connectivity index (χ2n) is 6.95. The van der Waals surface area contributed by atoms with Gasteiger partial charge in [0.15, 0.2) is 0 Å². The highest BCUT2D eigenvalue weighted by atomic mass is 16.6. The van der Waals surface area contributed by atoms with E-state index >= 15 is 0 Å². The van der Waals surface area contributed by atoms with E-state index in [9.17, 15) is 4.79 Å². The van der Waals surface area contributed by atoms with Gasteiger partial charge in [-0.25, -0.2) is 4.79 Å². The second kappa shape index (κ2) is 5.61. The number of amides is 1. The van der Waals surface area contributed by atoms with Crippen LogP contribution < -0.4 is 0 Å². The Kier molecular flexibility index (Phi) is 4.24. The van der Waals surface area contributed by atoms with Crippen LogP contribution in [0, 0.1) is 16.7 Å². The fourth-order valence-electron chi connectivity index (χ4n) is 2.42. The fourth-order valence-corrected chi connectivity index (χ4v) is 2.42. The van der Waals surface area contributed by atoms with E-state index < -0.39 is 5.60 Å². The molecule has 0 unspecified atom stereocenters. The first-order valence-electron chi connectivity index (χ1n) is 7.45. The molecule has 0 radical (unpaired) electrons. The number of hydrogen-bond donors (Lipinski definition) is 0. The largest absolute Gasteiger partial charge is 0.444 e. The molecule has 1 aliphatic carbocycles. The van der Waals surface area contributed by atoms with Crippen LogP contribution in [0.4, 0.5) is 4.79 Å². The summed E-state index contributed by atoms with van der Waals surface area (Å²) in [6, 6.07) is 2.43. The molecule has 112 valence electrons. The second-order valence-corrected chi connectivity index (χ2v) is 6.95. The SMILES string of the molecule is CC(C)(C)OC(=O)N1CCN(CCC2(C#N)CC2)CC1. The van der Waals surface area contributed by atoms with Gasteiger partial charge in [0.2, 0.25) is 0 Å². The van der Waals surface area contributed by atoms with Crippen LogP contribution >= 0.6 is 0 Å². The van der Waals surface area contributed by atoms with E-state index in [2.05, 4.69) is 11.0 Å². The van der Waals surface area contributed by atoms with Gasteiger partial charge in [-0.05, 0) is 46.6 Å². The summed E-state index contributed by atoms with van der Waals surface area (Å²) in [4.78, 5) is 16.1. The van der Waals surface area contributed by atoms with E-state index in [1.54, 1.807) is 4.90 Å². The Bertz CT molecular complexity index is 396. The number of rotatable bonds is 3. The zero-order valence-electron chi connectivity index (χ0n) is 12.8. The maximum absolute atomic E-state index is 11.9. The third-order valence-corrected chi connectivity index (χ3v) is 4.02. The van der Waals surface area contributed by atoms with Gasteiger partial charge in [-0.15, -0.1) is 0 Å². The number of nitrogens with zero attached hydrogens (tertiary/aromatic N) is 3. The highest BCUT2D eigenvalue weighted by Gasteiger charge is 2.42. The first-order chi connectivity index (χ1) is 9.34. The Labute approximate surface area is 121 Å². The molecule has 2 aliphatic rings. The highest BCUT2D eigenvalue weighted by Crippen LogP contribution is 2.48. The molecule has 2 rings (SSSR count). The van der Waals surface area contributed by atoms with Crippen molar-refractivity contribution < 1.29 is 9.53 Å². The number of nitriles is 1. The van der Waals surface area contributed by atoms with Crippen LogP contribution in [0.5, 0.6) is 0 Å². The van der Waals surface area contributed by atoms with E-state index in [0.717, 1.165) is 38.9 Å². The predicted octanol–water partition coefficient (Wildman–Crippen LogP) is 2.23. The van der Waals surface area contributed by atoms with Crippen molar-refractivity contribution in [3.05, 3.63) is 0 Å². The van der Waals surface area contributed by atoms with Crippen molar-refractivity contribution in [2.45, 2.75) is 45.6 Å². The number of piperazine rings is 1. The Morgan fingerprint density at radius 1 is 1.25 bits per heavy atom. The van der Waals surface area contributed by atoms with Crippen molar-refractivity contribution in [3.63, 3.8) is 0 Å². The Morgan fingerprint density at radius 3 is 2.30 bits per heavy atom. The van der Waals surface area contributed by atoms with Gasteiger partial charge >= 0.3 is 6.09 Å². The lowest BCUT2D eigenvalue weighted by Gasteiger charge is -2.35. The van der Waals surface area contributed by atoms with Crippen LogP contribution in [0.1, 0.15) is 40.0 Å². The van der Waals surface area contributed by atoms with E-state index in [-0.39, 0.29) is 11.5 Å². The first kappa shape index (κ1) is 15.1. The number of hydrogen-bond acceptors (Lipinski definition) is 4. The van der Waals surface area contributed by atoms with Crippen LogP contribution in [0.2, 0.25) is 0 Å². The average Bonchev–Trinajstić information content (AvgIpc) is 3.16. The Hall–Kier alpha value is -1.28.